The summed E-state index contributed by atoms with van der Waals surface area (Å²) in [5.41, 5.74) is 1.18. The van der Waals surface area contributed by atoms with Gasteiger partial charge in [-0.05, 0) is 46.8 Å². The Hall–Kier alpha value is -0.450. The first-order chi connectivity index (χ1) is 9.81. The molecule has 1 atom stereocenters. The molecule has 1 saturated heterocycles. The number of rotatable bonds is 3. The van der Waals surface area contributed by atoms with Crippen LogP contribution in [0.2, 0.25) is 0 Å². The summed E-state index contributed by atoms with van der Waals surface area (Å²) < 4.78 is 1.06. The highest BCUT2D eigenvalue weighted by molar-refractivity contribution is 9.10. The smallest absolute Gasteiger partial charge is 0.0544 e. The molecule has 1 N–H and O–H groups in total. The van der Waals surface area contributed by atoms with E-state index in [2.05, 4.69) is 43.3 Å². The Balaban J connectivity index is 1.56. The van der Waals surface area contributed by atoms with Crippen molar-refractivity contribution in [2.45, 2.75) is 44.7 Å². The molecular weight excluding hydrogens is 314 g/mol. The minimum Gasteiger partial charge on any atom is -0.311 e. The lowest BCUT2D eigenvalue weighted by molar-refractivity contribution is 0.140. The molecule has 1 aliphatic carbocycles. The third kappa shape index (κ3) is 3.80. The SMILES string of the molecule is Brc1ccc(CN2CCNC(C3CCCCC3)C2)nc1. The third-order valence-corrected chi connectivity index (χ3v) is 5.15. The molecule has 2 fully saturated rings. The maximum absolute atomic E-state index is 4.50. The van der Waals surface area contributed by atoms with Gasteiger partial charge in [0.2, 0.25) is 0 Å². The zero-order valence-corrected chi connectivity index (χ0v) is 13.6. The molecule has 2 heterocycles. The molecule has 0 radical (unpaired) electrons. The number of hydrogen-bond acceptors (Lipinski definition) is 3. The first-order valence-corrected chi connectivity index (χ1v) is 8.67. The summed E-state index contributed by atoms with van der Waals surface area (Å²) in [4.78, 5) is 7.06. The lowest BCUT2D eigenvalue weighted by Crippen LogP contribution is -2.53. The van der Waals surface area contributed by atoms with Gasteiger partial charge in [-0.3, -0.25) is 9.88 Å². The Labute approximate surface area is 130 Å². The molecule has 4 heteroatoms. The second kappa shape index (κ2) is 7.01. The van der Waals surface area contributed by atoms with Crippen LogP contribution in [0.3, 0.4) is 0 Å². The van der Waals surface area contributed by atoms with Crippen molar-refractivity contribution in [3.63, 3.8) is 0 Å². The standard InChI is InChI=1S/C16H24BrN3/c17-14-6-7-15(19-10-14)11-20-9-8-18-16(12-20)13-4-2-1-3-5-13/h6-7,10,13,16,18H,1-5,8-9,11-12H2. The molecule has 1 aliphatic heterocycles. The molecule has 0 aromatic carbocycles. The Morgan fingerprint density at radius 3 is 2.85 bits per heavy atom. The minimum absolute atomic E-state index is 0.694. The molecule has 3 rings (SSSR count). The molecule has 3 nitrogen and oxygen atoms in total. The van der Waals surface area contributed by atoms with Crippen LogP contribution < -0.4 is 5.32 Å². The largest absolute Gasteiger partial charge is 0.311 e. The van der Waals surface area contributed by atoms with Crippen LogP contribution in [-0.2, 0) is 6.54 Å². The molecule has 0 amide bonds. The summed E-state index contributed by atoms with van der Waals surface area (Å²) in [6.45, 7) is 4.43. The lowest BCUT2D eigenvalue weighted by Gasteiger charge is -2.39. The average molecular weight is 338 g/mol. The Bertz CT molecular complexity index is 414. The third-order valence-electron chi connectivity index (χ3n) is 4.68. The van der Waals surface area contributed by atoms with Gasteiger partial charge >= 0.3 is 0 Å². The first kappa shape index (κ1) is 14.5. The van der Waals surface area contributed by atoms with E-state index in [9.17, 15) is 0 Å². The maximum atomic E-state index is 4.50. The number of nitrogens with zero attached hydrogens (tertiary/aromatic N) is 2. The zero-order chi connectivity index (χ0) is 13.8. The summed E-state index contributed by atoms with van der Waals surface area (Å²) in [5.74, 6) is 0.893. The number of aromatic nitrogens is 1. The zero-order valence-electron chi connectivity index (χ0n) is 12.0. The van der Waals surface area contributed by atoms with Gasteiger partial charge in [0, 0.05) is 42.9 Å². The summed E-state index contributed by atoms with van der Waals surface area (Å²) in [7, 11) is 0. The Morgan fingerprint density at radius 2 is 2.10 bits per heavy atom. The van der Waals surface area contributed by atoms with Gasteiger partial charge in [0.15, 0.2) is 0 Å². The van der Waals surface area contributed by atoms with Crippen LogP contribution in [-0.4, -0.2) is 35.6 Å². The molecular formula is C16H24BrN3. The number of halogens is 1. The highest BCUT2D eigenvalue weighted by atomic mass is 79.9. The molecule has 20 heavy (non-hydrogen) atoms. The van der Waals surface area contributed by atoms with E-state index in [0.29, 0.717) is 6.04 Å². The quantitative estimate of drug-likeness (QED) is 0.917. The average Bonchev–Trinajstić information content (AvgIpc) is 2.51. The minimum atomic E-state index is 0.694. The summed E-state index contributed by atoms with van der Waals surface area (Å²) in [6.07, 6.45) is 9.03. The highest BCUT2D eigenvalue weighted by Gasteiger charge is 2.27. The van der Waals surface area contributed by atoms with Crippen LogP contribution in [0.25, 0.3) is 0 Å². The Kier molecular flexibility index (Phi) is 5.08. The van der Waals surface area contributed by atoms with Crippen molar-refractivity contribution >= 4 is 15.9 Å². The van der Waals surface area contributed by atoms with Gasteiger partial charge in [0.05, 0.1) is 5.69 Å². The topological polar surface area (TPSA) is 28.2 Å². The van der Waals surface area contributed by atoms with Crippen LogP contribution in [0.15, 0.2) is 22.8 Å². The Morgan fingerprint density at radius 1 is 1.25 bits per heavy atom. The first-order valence-electron chi connectivity index (χ1n) is 7.87. The number of hydrogen-bond donors (Lipinski definition) is 1. The second-order valence-corrected chi connectivity index (χ2v) is 7.08. The van der Waals surface area contributed by atoms with Crippen molar-refractivity contribution in [2.75, 3.05) is 19.6 Å². The summed E-state index contributed by atoms with van der Waals surface area (Å²) in [6, 6.07) is 4.91. The number of nitrogens with one attached hydrogen (secondary N) is 1. The van der Waals surface area contributed by atoms with E-state index in [1.807, 2.05) is 6.20 Å². The monoisotopic (exact) mass is 337 g/mol. The van der Waals surface area contributed by atoms with Gasteiger partial charge in [0.1, 0.15) is 0 Å². The van der Waals surface area contributed by atoms with Crippen molar-refractivity contribution in [3.8, 4) is 0 Å². The van der Waals surface area contributed by atoms with Gasteiger partial charge in [0.25, 0.3) is 0 Å². The summed E-state index contributed by atoms with van der Waals surface area (Å²) >= 11 is 3.45. The van der Waals surface area contributed by atoms with E-state index in [1.165, 1.54) is 44.3 Å². The van der Waals surface area contributed by atoms with E-state index in [4.69, 9.17) is 0 Å². The van der Waals surface area contributed by atoms with E-state index >= 15 is 0 Å². The second-order valence-electron chi connectivity index (χ2n) is 6.16. The molecule has 2 aliphatic rings. The predicted molar refractivity (Wildman–Crippen MR) is 85.6 cm³/mol. The van der Waals surface area contributed by atoms with Crippen LogP contribution >= 0.6 is 15.9 Å². The molecule has 110 valence electrons. The highest BCUT2D eigenvalue weighted by Crippen LogP contribution is 2.27. The molecule has 1 aromatic rings. The fraction of sp³-hybridized carbons (Fsp3) is 0.688. The molecule has 1 aromatic heterocycles. The lowest BCUT2D eigenvalue weighted by atomic mass is 9.83. The van der Waals surface area contributed by atoms with E-state index in [0.717, 1.165) is 30.0 Å². The molecule has 1 saturated carbocycles. The van der Waals surface area contributed by atoms with Crippen molar-refractivity contribution in [3.05, 3.63) is 28.5 Å². The van der Waals surface area contributed by atoms with E-state index in [1.54, 1.807) is 0 Å². The van der Waals surface area contributed by atoms with Gasteiger partial charge in [-0.2, -0.15) is 0 Å². The van der Waals surface area contributed by atoms with Gasteiger partial charge < -0.3 is 5.32 Å². The van der Waals surface area contributed by atoms with Gasteiger partial charge in [-0.15, -0.1) is 0 Å². The fourth-order valence-corrected chi connectivity index (χ4v) is 3.80. The van der Waals surface area contributed by atoms with Crippen LogP contribution in [0.5, 0.6) is 0 Å². The van der Waals surface area contributed by atoms with Crippen molar-refractivity contribution in [2.24, 2.45) is 5.92 Å². The molecule has 1 unspecified atom stereocenters. The molecule has 0 spiro atoms. The van der Waals surface area contributed by atoms with E-state index in [-0.39, 0.29) is 0 Å². The van der Waals surface area contributed by atoms with Gasteiger partial charge in [-0.25, -0.2) is 0 Å². The normalized spacial score (nSPS) is 25.8. The van der Waals surface area contributed by atoms with Crippen molar-refractivity contribution in [1.82, 2.24) is 15.2 Å². The van der Waals surface area contributed by atoms with Crippen molar-refractivity contribution < 1.29 is 0 Å². The number of piperazine rings is 1. The van der Waals surface area contributed by atoms with Crippen LogP contribution in [0.4, 0.5) is 0 Å². The molecule has 0 bridgehead atoms. The van der Waals surface area contributed by atoms with Crippen molar-refractivity contribution in [1.29, 1.82) is 0 Å². The summed E-state index contributed by atoms with van der Waals surface area (Å²) in [5, 5.41) is 3.74. The number of pyridine rings is 1. The predicted octanol–water partition coefficient (Wildman–Crippen LogP) is 3.20. The van der Waals surface area contributed by atoms with E-state index < -0.39 is 0 Å². The van der Waals surface area contributed by atoms with Gasteiger partial charge in [-0.1, -0.05) is 19.3 Å². The van der Waals surface area contributed by atoms with Crippen LogP contribution in [0.1, 0.15) is 37.8 Å². The van der Waals surface area contributed by atoms with Crippen LogP contribution in [0, 0.1) is 5.92 Å². The fourth-order valence-electron chi connectivity index (χ4n) is 3.57. The maximum Gasteiger partial charge on any atom is 0.0544 e.